The lowest BCUT2D eigenvalue weighted by Crippen LogP contribution is -2.34. The van der Waals surface area contributed by atoms with Crippen LogP contribution in [0.1, 0.15) is 26.7 Å². The number of ether oxygens (including phenoxy) is 1. The van der Waals surface area contributed by atoms with E-state index in [9.17, 15) is 4.79 Å². The van der Waals surface area contributed by atoms with Gasteiger partial charge in [-0.1, -0.05) is 6.92 Å². The minimum Gasteiger partial charge on any atom is -0.466 e. The van der Waals surface area contributed by atoms with Gasteiger partial charge in [-0.3, -0.25) is 4.79 Å². The number of carbonyl (C=O) groups is 1. The van der Waals surface area contributed by atoms with Crippen LogP contribution in [0.3, 0.4) is 0 Å². The van der Waals surface area contributed by atoms with Crippen molar-refractivity contribution in [2.45, 2.75) is 26.7 Å². The summed E-state index contributed by atoms with van der Waals surface area (Å²) in [5.41, 5.74) is 0. The molecule has 3 heteroatoms. The summed E-state index contributed by atoms with van der Waals surface area (Å²) in [6.07, 6.45) is 2.19. The van der Waals surface area contributed by atoms with Gasteiger partial charge < -0.3 is 10.1 Å². The monoisotopic (exact) mass is 185 g/mol. The van der Waals surface area contributed by atoms with Gasteiger partial charge in [-0.15, -0.1) is 0 Å². The normalized spacial score (nSPS) is 21.1. The standard InChI is InChI=1S/C10H19NO2/c1-3-13-10(12)8(2)9-4-6-11-7-5-9/h8-9,11H,3-7H2,1-2H3/t8-/m1/s1. The first kappa shape index (κ1) is 10.5. The van der Waals surface area contributed by atoms with Crippen molar-refractivity contribution >= 4 is 5.97 Å². The summed E-state index contributed by atoms with van der Waals surface area (Å²) >= 11 is 0. The Kier molecular flexibility index (Phi) is 4.22. The molecule has 1 atom stereocenters. The van der Waals surface area contributed by atoms with E-state index in [-0.39, 0.29) is 11.9 Å². The molecule has 76 valence electrons. The predicted octanol–water partition coefficient (Wildman–Crippen LogP) is 1.19. The van der Waals surface area contributed by atoms with Crippen molar-refractivity contribution in [2.75, 3.05) is 19.7 Å². The summed E-state index contributed by atoms with van der Waals surface area (Å²) in [5.74, 6) is 0.553. The minimum absolute atomic E-state index is 0.0330. The average molecular weight is 185 g/mol. The summed E-state index contributed by atoms with van der Waals surface area (Å²) in [4.78, 5) is 11.4. The zero-order valence-electron chi connectivity index (χ0n) is 8.51. The third kappa shape index (κ3) is 2.99. The summed E-state index contributed by atoms with van der Waals surface area (Å²) in [6, 6.07) is 0. The summed E-state index contributed by atoms with van der Waals surface area (Å²) < 4.78 is 5.00. The van der Waals surface area contributed by atoms with Gasteiger partial charge in [0, 0.05) is 0 Å². The molecule has 0 spiro atoms. The lowest BCUT2D eigenvalue weighted by molar-refractivity contribution is -0.149. The van der Waals surface area contributed by atoms with Crippen LogP contribution in [0, 0.1) is 11.8 Å². The Bertz CT molecular complexity index is 164. The van der Waals surface area contributed by atoms with Crippen LogP contribution >= 0.6 is 0 Å². The largest absolute Gasteiger partial charge is 0.466 e. The highest BCUT2D eigenvalue weighted by Gasteiger charge is 2.26. The number of hydrogen-bond acceptors (Lipinski definition) is 3. The highest BCUT2D eigenvalue weighted by atomic mass is 16.5. The fraction of sp³-hybridized carbons (Fsp3) is 0.900. The van der Waals surface area contributed by atoms with Gasteiger partial charge in [0.2, 0.25) is 0 Å². The Labute approximate surface area is 79.8 Å². The first-order valence-electron chi connectivity index (χ1n) is 5.13. The zero-order chi connectivity index (χ0) is 9.68. The Morgan fingerprint density at radius 1 is 1.54 bits per heavy atom. The van der Waals surface area contributed by atoms with Crippen LogP contribution in [-0.2, 0) is 9.53 Å². The molecule has 0 aliphatic carbocycles. The van der Waals surface area contributed by atoms with E-state index in [1.165, 1.54) is 0 Å². The molecule has 1 heterocycles. The van der Waals surface area contributed by atoms with Gasteiger partial charge in [-0.05, 0) is 38.8 Å². The number of carbonyl (C=O) groups excluding carboxylic acids is 1. The fourth-order valence-corrected chi connectivity index (χ4v) is 1.81. The molecule has 1 fully saturated rings. The van der Waals surface area contributed by atoms with E-state index in [1.807, 2.05) is 13.8 Å². The fourth-order valence-electron chi connectivity index (χ4n) is 1.81. The van der Waals surface area contributed by atoms with Crippen molar-refractivity contribution in [3.05, 3.63) is 0 Å². The van der Waals surface area contributed by atoms with Crippen LogP contribution in [0.2, 0.25) is 0 Å². The highest BCUT2D eigenvalue weighted by molar-refractivity contribution is 5.72. The summed E-state index contributed by atoms with van der Waals surface area (Å²) in [6.45, 7) is 6.40. The third-order valence-electron chi connectivity index (χ3n) is 2.75. The van der Waals surface area contributed by atoms with Crippen LogP contribution in [0.15, 0.2) is 0 Å². The van der Waals surface area contributed by atoms with Crippen LogP contribution in [0.25, 0.3) is 0 Å². The van der Waals surface area contributed by atoms with E-state index in [0.717, 1.165) is 25.9 Å². The Balaban J connectivity index is 2.35. The van der Waals surface area contributed by atoms with E-state index in [0.29, 0.717) is 12.5 Å². The van der Waals surface area contributed by atoms with Crippen LogP contribution in [-0.4, -0.2) is 25.7 Å². The molecule has 1 saturated heterocycles. The third-order valence-corrected chi connectivity index (χ3v) is 2.75. The molecule has 0 radical (unpaired) electrons. The van der Waals surface area contributed by atoms with Crippen LogP contribution in [0.5, 0.6) is 0 Å². The van der Waals surface area contributed by atoms with Crippen molar-refractivity contribution < 1.29 is 9.53 Å². The molecule has 1 aliphatic heterocycles. The maximum absolute atomic E-state index is 11.4. The van der Waals surface area contributed by atoms with E-state index < -0.39 is 0 Å². The van der Waals surface area contributed by atoms with Gasteiger partial charge in [0.05, 0.1) is 12.5 Å². The molecular formula is C10H19NO2. The highest BCUT2D eigenvalue weighted by Crippen LogP contribution is 2.22. The van der Waals surface area contributed by atoms with E-state index in [1.54, 1.807) is 0 Å². The van der Waals surface area contributed by atoms with Crippen molar-refractivity contribution in [1.29, 1.82) is 0 Å². The number of hydrogen-bond donors (Lipinski definition) is 1. The van der Waals surface area contributed by atoms with Gasteiger partial charge in [0.15, 0.2) is 0 Å². The maximum atomic E-state index is 11.4. The average Bonchev–Trinajstić information content (AvgIpc) is 2.18. The van der Waals surface area contributed by atoms with Gasteiger partial charge in [0.25, 0.3) is 0 Å². The molecule has 0 aromatic heterocycles. The second-order valence-corrected chi connectivity index (χ2v) is 3.63. The number of esters is 1. The molecule has 3 nitrogen and oxygen atoms in total. The smallest absolute Gasteiger partial charge is 0.308 e. The molecule has 0 unspecified atom stereocenters. The first-order valence-corrected chi connectivity index (χ1v) is 5.13. The van der Waals surface area contributed by atoms with Crippen molar-refractivity contribution in [3.63, 3.8) is 0 Å². The molecule has 0 aromatic carbocycles. The Morgan fingerprint density at radius 3 is 2.69 bits per heavy atom. The molecule has 0 aromatic rings. The van der Waals surface area contributed by atoms with Crippen LogP contribution in [0.4, 0.5) is 0 Å². The van der Waals surface area contributed by atoms with E-state index in [2.05, 4.69) is 5.32 Å². The Morgan fingerprint density at radius 2 is 2.15 bits per heavy atom. The SMILES string of the molecule is CCOC(=O)[C@H](C)C1CCNCC1. The van der Waals surface area contributed by atoms with Crippen molar-refractivity contribution in [1.82, 2.24) is 5.32 Å². The van der Waals surface area contributed by atoms with Crippen molar-refractivity contribution in [2.24, 2.45) is 11.8 Å². The molecule has 0 amide bonds. The molecule has 0 saturated carbocycles. The molecule has 0 bridgehead atoms. The number of piperidine rings is 1. The van der Waals surface area contributed by atoms with E-state index >= 15 is 0 Å². The lowest BCUT2D eigenvalue weighted by atomic mass is 9.86. The van der Waals surface area contributed by atoms with Gasteiger partial charge in [-0.25, -0.2) is 0 Å². The lowest BCUT2D eigenvalue weighted by Gasteiger charge is -2.26. The quantitative estimate of drug-likeness (QED) is 0.671. The second kappa shape index (κ2) is 5.22. The van der Waals surface area contributed by atoms with E-state index in [4.69, 9.17) is 4.74 Å². The summed E-state index contributed by atoms with van der Waals surface area (Å²) in [7, 11) is 0. The number of nitrogens with one attached hydrogen (secondary N) is 1. The molecule has 1 N–H and O–H groups in total. The van der Waals surface area contributed by atoms with Gasteiger partial charge in [-0.2, -0.15) is 0 Å². The maximum Gasteiger partial charge on any atom is 0.308 e. The molecule has 13 heavy (non-hydrogen) atoms. The van der Waals surface area contributed by atoms with Crippen molar-refractivity contribution in [3.8, 4) is 0 Å². The predicted molar refractivity (Wildman–Crippen MR) is 51.4 cm³/mol. The molecular weight excluding hydrogens is 166 g/mol. The topological polar surface area (TPSA) is 38.3 Å². The van der Waals surface area contributed by atoms with Gasteiger partial charge >= 0.3 is 5.97 Å². The first-order chi connectivity index (χ1) is 6.25. The van der Waals surface area contributed by atoms with Gasteiger partial charge in [0.1, 0.15) is 0 Å². The minimum atomic E-state index is -0.0330. The summed E-state index contributed by atoms with van der Waals surface area (Å²) in [5, 5.41) is 3.29. The second-order valence-electron chi connectivity index (χ2n) is 3.63. The number of rotatable bonds is 3. The Hall–Kier alpha value is -0.570. The van der Waals surface area contributed by atoms with Crippen LogP contribution < -0.4 is 5.32 Å². The zero-order valence-corrected chi connectivity index (χ0v) is 8.51. The molecule has 1 rings (SSSR count). The molecule has 1 aliphatic rings.